The lowest BCUT2D eigenvalue weighted by atomic mass is 10.5. The second-order valence-corrected chi connectivity index (χ2v) is 7.99. The summed E-state index contributed by atoms with van der Waals surface area (Å²) in [6.45, 7) is 4.48. The highest BCUT2D eigenvalue weighted by Gasteiger charge is 2.56. The lowest BCUT2D eigenvalue weighted by molar-refractivity contribution is 0.0837. The molecule has 0 aromatic heterocycles. The largest absolute Gasteiger partial charge is 0.300 e. The van der Waals surface area contributed by atoms with E-state index in [1.54, 1.807) is 0 Å². The van der Waals surface area contributed by atoms with Crippen LogP contribution in [0.4, 0.5) is 0 Å². The van der Waals surface area contributed by atoms with E-state index in [-0.39, 0.29) is 0 Å². The van der Waals surface area contributed by atoms with Crippen LogP contribution in [0.25, 0.3) is 0 Å². The minimum absolute atomic E-state index is 1.12. The molecule has 1 heterocycles. The topological polar surface area (TPSA) is 86.7 Å². The minimum atomic E-state index is -4.04. The smallest absolute Gasteiger partial charge is 0.243 e. The molecule has 0 aliphatic carbocycles. The maximum Gasteiger partial charge on any atom is 0.300 e. The van der Waals surface area contributed by atoms with Crippen molar-refractivity contribution in [3.05, 3.63) is 0 Å². The third-order valence-electron chi connectivity index (χ3n) is 1.82. The Balaban J connectivity index is 3.36. The summed E-state index contributed by atoms with van der Waals surface area (Å²) in [5, 5.41) is 0. The second kappa shape index (κ2) is 2.69. The van der Waals surface area contributed by atoms with Gasteiger partial charge >= 0.3 is 0 Å². The van der Waals surface area contributed by atoms with Gasteiger partial charge in [-0.05, 0) is 27.7 Å². The van der Waals surface area contributed by atoms with Gasteiger partial charge in [0.1, 0.15) is 0 Å². The first-order valence-corrected chi connectivity index (χ1v) is 6.63. The highest BCUT2D eigenvalue weighted by molar-refractivity contribution is 7.93. The van der Waals surface area contributed by atoms with Crippen LogP contribution < -0.4 is 0 Å². The molecule has 1 fully saturated rings. The average Bonchev–Trinajstić information content (AvgIpc) is 1.78. The van der Waals surface area contributed by atoms with Crippen molar-refractivity contribution in [2.45, 2.75) is 37.6 Å². The molecule has 84 valence electrons. The Labute approximate surface area is 83.5 Å². The molecule has 0 radical (unpaired) electrons. The molecule has 1 aliphatic rings. The van der Waals surface area contributed by atoms with Crippen LogP contribution in [0.2, 0.25) is 0 Å². The molecule has 0 aromatic carbocycles. The Bertz CT molecular complexity index is 397. The third-order valence-corrected chi connectivity index (χ3v) is 5.88. The van der Waals surface area contributed by atoms with Crippen molar-refractivity contribution in [1.29, 1.82) is 0 Å². The van der Waals surface area contributed by atoms with Crippen LogP contribution in [0.5, 0.6) is 0 Å². The lowest BCUT2D eigenvalue weighted by Crippen LogP contribution is -2.53. The average molecular weight is 244 g/mol. The maximum atomic E-state index is 11.4. The van der Waals surface area contributed by atoms with E-state index in [1.807, 2.05) is 0 Å². The summed E-state index contributed by atoms with van der Waals surface area (Å²) in [5.74, 6) is 0. The molecular formula is C6H12O6S2. The third kappa shape index (κ3) is 1.56. The van der Waals surface area contributed by atoms with Gasteiger partial charge in [0.2, 0.25) is 9.87 Å². The van der Waals surface area contributed by atoms with Crippen LogP contribution in [0.1, 0.15) is 27.7 Å². The zero-order valence-corrected chi connectivity index (χ0v) is 9.90. The van der Waals surface area contributed by atoms with E-state index >= 15 is 0 Å². The summed E-state index contributed by atoms with van der Waals surface area (Å²) >= 11 is 0. The molecule has 0 aromatic rings. The van der Waals surface area contributed by atoms with Crippen LogP contribution in [-0.2, 0) is 28.6 Å². The van der Waals surface area contributed by atoms with Gasteiger partial charge in [-0.3, -0.25) is 0 Å². The molecule has 0 bridgehead atoms. The fraction of sp³-hybridized carbons (Fsp3) is 1.00. The molecule has 8 heteroatoms. The van der Waals surface area contributed by atoms with Gasteiger partial charge in [0.05, 0.1) is 0 Å². The number of hydrogen-bond acceptors (Lipinski definition) is 6. The van der Waals surface area contributed by atoms with Crippen LogP contribution in [0, 0.1) is 0 Å². The summed E-state index contributed by atoms with van der Waals surface area (Å²) in [6, 6.07) is 0. The maximum absolute atomic E-state index is 11.4. The molecule has 0 spiro atoms. The van der Waals surface area contributed by atoms with Crippen molar-refractivity contribution in [3.8, 4) is 0 Å². The van der Waals surface area contributed by atoms with Crippen molar-refractivity contribution in [2.24, 2.45) is 0 Å². The Morgan fingerprint density at radius 3 is 1.14 bits per heavy atom. The monoisotopic (exact) mass is 244 g/mol. The molecule has 0 saturated carbocycles. The van der Waals surface area contributed by atoms with Gasteiger partial charge < -0.3 is 0 Å². The van der Waals surface area contributed by atoms with Gasteiger partial charge in [-0.1, -0.05) is 0 Å². The quantitative estimate of drug-likeness (QED) is 0.564. The Hall–Kier alpha value is -0.180. The van der Waals surface area contributed by atoms with E-state index in [1.165, 1.54) is 0 Å². The molecule has 0 N–H and O–H groups in total. The van der Waals surface area contributed by atoms with Crippen LogP contribution >= 0.6 is 0 Å². The van der Waals surface area contributed by atoms with Crippen molar-refractivity contribution in [1.82, 2.24) is 0 Å². The molecule has 1 saturated heterocycles. The normalized spacial score (nSPS) is 32.3. The zero-order chi connectivity index (χ0) is 11.4. The Morgan fingerprint density at radius 1 is 0.714 bits per heavy atom. The molecule has 0 unspecified atom stereocenters. The molecular weight excluding hydrogens is 232 g/mol. The molecule has 0 atom stereocenters. The predicted molar refractivity (Wildman–Crippen MR) is 48.2 cm³/mol. The van der Waals surface area contributed by atoms with E-state index in [0.29, 0.717) is 0 Å². The zero-order valence-electron chi connectivity index (χ0n) is 8.27. The fourth-order valence-electron chi connectivity index (χ4n) is 0.812. The first kappa shape index (κ1) is 11.9. The van der Waals surface area contributed by atoms with Crippen molar-refractivity contribution in [2.75, 3.05) is 0 Å². The number of hydrogen-bond donors (Lipinski definition) is 0. The van der Waals surface area contributed by atoms with Gasteiger partial charge in [0, 0.05) is 0 Å². The first-order valence-electron chi connectivity index (χ1n) is 3.82. The second-order valence-electron chi connectivity index (χ2n) is 3.87. The first-order chi connectivity index (χ1) is 5.91. The van der Waals surface area contributed by atoms with Crippen LogP contribution in [0.15, 0.2) is 0 Å². The SMILES string of the molecule is CC1(C)OS(=O)(=O)C(C)(C)OS1(=O)=O. The fourth-order valence-corrected chi connectivity index (χ4v) is 3.47. The Morgan fingerprint density at radius 2 is 0.929 bits per heavy atom. The van der Waals surface area contributed by atoms with Crippen LogP contribution in [-0.4, -0.2) is 26.7 Å². The van der Waals surface area contributed by atoms with Gasteiger partial charge in [-0.25, -0.2) is 8.37 Å². The van der Waals surface area contributed by atoms with Crippen LogP contribution in [0.3, 0.4) is 0 Å². The highest BCUT2D eigenvalue weighted by Crippen LogP contribution is 2.37. The number of rotatable bonds is 0. The van der Waals surface area contributed by atoms with E-state index in [2.05, 4.69) is 8.37 Å². The summed E-state index contributed by atoms with van der Waals surface area (Å²) in [7, 11) is -8.08. The summed E-state index contributed by atoms with van der Waals surface area (Å²) in [4.78, 5) is -3.75. The summed E-state index contributed by atoms with van der Waals surface area (Å²) < 4.78 is 54.7. The minimum Gasteiger partial charge on any atom is -0.243 e. The molecule has 14 heavy (non-hydrogen) atoms. The lowest BCUT2D eigenvalue weighted by Gasteiger charge is -2.36. The van der Waals surface area contributed by atoms with Gasteiger partial charge in [0.25, 0.3) is 20.2 Å². The van der Waals surface area contributed by atoms with Gasteiger partial charge in [-0.15, -0.1) is 0 Å². The Kier molecular flexibility index (Phi) is 2.28. The van der Waals surface area contributed by atoms with E-state index in [0.717, 1.165) is 27.7 Å². The molecule has 0 amide bonds. The van der Waals surface area contributed by atoms with E-state index in [9.17, 15) is 16.8 Å². The van der Waals surface area contributed by atoms with Crippen molar-refractivity contribution < 1.29 is 25.2 Å². The standard InChI is InChI=1S/C6H12O6S2/c1-5(2)11-14(9,10)6(3,4)12-13(5,7)8/h1-4H3. The van der Waals surface area contributed by atoms with E-state index in [4.69, 9.17) is 0 Å². The molecule has 6 nitrogen and oxygen atoms in total. The summed E-state index contributed by atoms with van der Waals surface area (Å²) in [5.41, 5.74) is 0. The highest BCUT2D eigenvalue weighted by atomic mass is 32.2. The summed E-state index contributed by atoms with van der Waals surface area (Å²) in [6.07, 6.45) is 0. The van der Waals surface area contributed by atoms with Crippen molar-refractivity contribution in [3.63, 3.8) is 0 Å². The molecule has 1 aliphatic heterocycles. The van der Waals surface area contributed by atoms with Gasteiger partial charge in [0.15, 0.2) is 0 Å². The van der Waals surface area contributed by atoms with Crippen molar-refractivity contribution >= 4 is 20.2 Å². The predicted octanol–water partition coefficient (Wildman–Crippen LogP) is 0.165. The van der Waals surface area contributed by atoms with E-state index < -0.39 is 30.1 Å². The van der Waals surface area contributed by atoms with Gasteiger partial charge in [-0.2, -0.15) is 16.8 Å². The molecule has 1 rings (SSSR count).